The second kappa shape index (κ2) is 22.6. The van der Waals surface area contributed by atoms with Gasteiger partial charge in [-0.3, -0.25) is 29.0 Å². The maximum Gasteiger partial charge on any atom is 0.310 e. The van der Waals surface area contributed by atoms with Crippen molar-refractivity contribution in [3.05, 3.63) is 59.7 Å². The lowest BCUT2D eigenvalue weighted by atomic mass is 9.94. The lowest BCUT2D eigenvalue weighted by molar-refractivity contribution is -0.144. The van der Waals surface area contributed by atoms with Crippen LogP contribution in [-0.2, 0) is 41.5 Å². The Morgan fingerprint density at radius 1 is 0.516 bits per heavy atom. The van der Waals surface area contributed by atoms with Crippen molar-refractivity contribution in [3.63, 3.8) is 0 Å². The van der Waals surface area contributed by atoms with Crippen molar-refractivity contribution in [1.29, 1.82) is 0 Å². The summed E-state index contributed by atoms with van der Waals surface area (Å²) >= 11 is 0. The van der Waals surface area contributed by atoms with Crippen LogP contribution in [0.15, 0.2) is 48.5 Å². The van der Waals surface area contributed by atoms with Crippen LogP contribution < -0.4 is 8.85 Å². The number of carbonyl (C=O) groups is 4. The van der Waals surface area contributed by atoms with Crippen molar-refractivity contribution in [1.82, 2.24) is 19.6 Å². The molecule has 2 aromatic rings. The molecule has 0 unspecified atom stereocenters. The predicted molar refractivity (Wildman–Crippen MR) is 259 cm³/mol. The summed E-state index contributed by atoms with van der Waals surface area (Å²) in [5.74, 6) is 2.50. The van der Waals surface area contributed by atoms with E-state index in [1.807, 2.05) is 58.3 Å². The number of hydrogen-bond donors (Lipinski definition) is 0. The number of piperidine rings is 2. The summed E-state index contributed by atoms with van der Waals surface area (Å²) in [6.45, 7) is 29.6. The van der Waals surface area contributed by atoms with Crippen LogP contribution in [0, 0.1) is 11.8 Å². The number of rotatable bonds is 18. The minimum absolute atomic E-state index is 0.119. The maximum absolute atomic E-state index is 13.2. The van der Waals surface area contributed by atoms with E-state index in [1.165, 1.54) is 0 Å². The third-order valence-electron chi connectivity index (χ3n) is 14.6. The number of piperazine rings is 1. The van der Waals surface area contributed by atoms with Gasteiger partial charge in [0.1, 0.15) is 11.5 Å². The largest absolute Gasteiger partial charge is 0.544 e. The van der Waals surface area contributed by atoms with E-state index in [-0.39, 0.29) is 46.7 Å². The first-order valence-corrected chi connectivity index (χ1v) is 29.8. The van der Waals surface area contributed by atoms with E-state index in [9.17, 15) is 19.2 Å². The van der Waals surface area contributed by atoms with Gasteiger partial charge in [-0.2, -0.15) is 0 Å². The summed E-state index contributed by atoms with van der Waals surface area (Å²) in [6.07, 6.45) is 6.11. The number of carbonyl (C=O) groups excluding carboxylic acids is 4. The zero-order valence-electron chi connectivity index (χ0n) is 41.0. The van der Waals surface area contributed by atoms with E-state index < -0.39 is 16.6 Å². The molecule has 0 radical (unpaired) electrons. The summed E-state index contributed by atoms with van der Waals surface area (Å²) < 4.78 is 23.9. The van der Waals surface area contributed by atoms with Gasteiger partial charge < -0.3 is 28.1 Å². The number of benzene rings is 2. The van der Waals surface area contributed by atoms with Crippen LogP contribution >= 0.6 is 0 Å². The van der Waals surface area contributed by atoms with Gasteiger partial charge in [-0.1, -0.05) is 65.8 Å². The fraction of sp³-hybridized carbons (Fsp3) is 0.680. The van der Waals surface area contributed by atoms with Gasteiger partial charge in [0.15, 0.2) is 0 Å². The number of esters is 2. The Hall–Kier alpha value is -3.73. The first-order valence-electron chi connectivity index (χ1n) is 23.9. The van der Waals surface area contributed by atoms with E-state index in [0.29, 0.717) is 64.3 Å². The molecule has 3 aliphatic rings. The third-order valence-corrected chi connectivity index (χ3v) is 23.3. The molecule has 12 nitrogen and oxygen atoms in total. The Morgan fingerprint density at radius 2 is 0.828 bits per heavy atom. The molecule has 64 heavy (non-hydrogen) atoms. The van der Waals surface area contributed by atoms with Gasteiger partial charge in [-0.05, 0) is 148 Å². The van der Waals surface area contributed by atoms with E-state index in [0.717, 1.165) is 87.3 Å². The maximum atomic E-state index is 13.2. The second-order valence-electron chi connectivity index (χ2n) is 21.6. The molecule has 2 aromatic carbocycles. The Balaban J connectivity index is 0.880. The topological polar surface area (TPSA) is 118 Å². The number of ether oxygens (including phenoxy) is 2. The van der Waals surface area contributed by atoms with Gasteiger partial charge in [0.2, 0.25) is 28.4 Å². The van der Waals surface area contributed by atoms with Crippen molar-refractivity contribution in [2.24, 2.45) is 11.8 Å². The van der Waals surface area contributed by atoms with Gasteiger partial charge in [0.05, 0.1) is 39.1 Å². The van der Waals surface area contributed by atoms with Crippen LogP contribution in [0.1, 0.15) is 91.2 Å². The summed E-state index contributed by atoms with van der Waals surface area (Å²) in [5.41, 5.74) is 1.84. The van der Waals surface area contributed by atoms with E-state index in [2.05, 4.69) is 77.5 Å². The molecule has 2 amide bonds. The Kier molecular flexibility index (Phi) is 18.1. The summed E-state index contributed by atoms with van der Waals surface area (Å²) in [7, 11) is -3.83. The third kappa shape index (κ3) is 15.7. The van der Waals surface area contributed by atoms with Gasteiger partial charge in [0.25, 0.3) is 0 Å². The van der Waals surface area contributed by atoms with Crippen LogP contribution in [0.4, 0.5) is 0 Å². The van der Waals surface area contributed by atoms with Crippen LogP contribution in [0.3, 0.4) is 0 Å². The molecule has 0 bridgehead atoms. The SMILES string of the molecule is CC(C)(C)[Si](C)(C)Oc1ccc(CC(=O)OCCC2CCN(CC(=O)N3CCN(C(=O)CN4CCC(CCOC(=O)Cc5ccc(O[Si](C)(C)C(C)(C)C)cc5)CC4)CC3)CC2)cc1. The smallest absolute Gasteiger partial charge is 0.310 e. The number of hydrogen-bond acceptors (Lipinski definition) is 10. The predicted octanol–water partition coefficient (Wildman–Crippen LogP) is 8.20. The summed E-state index contributed by atoms with van der Waals surface area (Å²) in [4.78, 5) is 59.9. The van der Waals surface area contributed by atoms with Crippen LogP contribution in [0.25, 0.3) is 0 Å². The number of nitrogens with zero attached hydrogens (tertiary/aromatic N) is 4. The lowest BCUT2D eigenvalue weighted by Gasteiger charge is -2.38. The quantitative estimate of drug-likeness (QED) is 0.107. The standard InChI is InChI=1S/C50H80N4O8Si2/c1-49(2,3)63(7,8)61-43-15-11-41(12-16-43)35-47(57)59-33-23-39-19-25-51(26-20-39)37-45(55)53-29-31-54(32-30-53)46(56)38-52-27-21-40(22-28-52)24-34-60-48(58)36-42-13-17-44(18-14-42)62-64(9,10)50(4,5)6/h11-18,39-40H,19-38H2,1-10H3. The first-order chi connectivity index (χ1) is 30.1. The number of likely N-dealkylation sites (tertiary alicyclic amines) is 2. The highest BCUT2D eigenvalue weighted by Gasteiger charge is 2.40. The molecule has 0 aliphatic carbocycles. The average Bonchev–Trinajstić information content (AvgIpc) is 3.22. The molecule has 14 heteroatoms. The number of amides is 2. The summed E-state index contributed by atoms with van der Waals surface area (Å²) in [5, 5.41) is 0.238. The van der Waals surface area contributed by atoms with E-state index in [1.54, 1.807) is 0 Å². The lowest BCUT2D eigenvalue weighted by Crippen LogP contribution is -2.54. The Morgan fingerprint density at radius 3 is 1.12 bits per heavy atom. The van der Waals surface area contributed by atoms with Crippen LogP contribution in [-0.4, -0.2) is 139 Å². The monoisotopic (exact) mass is 921 g/mol. The first kappa shape index (κ1) is 51.3. The van der Waals surface area contributed by atoms with Gasteiger partial charge >= 0.3 is 11.9 Å². The summed E-state index contributed by atoms with van der Waals surface area (Å²) in [6, 6.07) is 15.6. The molecule has 0 saturated carbocycles. The van der Waals surface area contributed by atoms with Crippen LogP contribution in [0.2, 0.25) is 36.3 Å². The highest BCUT2D eigenvalue weighted by atomic mass is 28.4. The van der Waals surface area contributed by atoms with Crippen molar-refractivity contribution >= 4 is 40.4 Å². The van der Waals surface area contributed by atoms with Crippen molar-refractivity contribution in [2.75, 3.05) is 78.7 Å². The van der Waals surface area contributed by atoms with Gasteiger partial charge in [-0.25, -0.2) is 0 Å². The fourth-order valence-corrected chi connectivity index (χ4v) is 10.1. The highest BCUT2D eigenvalue weighted by molar-refractivity contribution is 6.75. The fourth-order valence-electron chi connectivity index (χ4n) is 8.01. The normalized spacial score (nSPS) is 17.8. The highest BCUT2D eigenvalue weighted by Crippen LogP contribution is 2.38. The van der Waals surface area contributed by atoms with Crippen molar-refractivity contribution in [3.8, 4) is 11.5 Å². The van der Waals surface area contributed by atoms with Gasteiger partial charge in [-0.15, -0.1) is 0 Å². The molecule has 0 aromatic heterocycles. The minimum Gasteiger partial charge on any atom is -0.544 e. The van der Waals surface area contributed by atoms with Crippen molar-refractivity contribution in [2.45, 2.75) is 129 Å². The zero-order valence-corrected chi connectivity index (χ0v) is 43.0. The Bertz CT molecular complexity index is 1690. The minimum atomic E-state index is -1.91. The molecule has 0 spiro atoms. The average molecular weight is 921 g/mol. The van der Waals surface area contributed by atoms with Gasteiger partial charge in [0, 0.05) is 26.2 Å². The molecular weight excluding hydrogens is 841 g/mol. The molecule has 356 valence electrons. The molecular formula is C50H80N4O8Si2. The molecule has 0 N–H and O–H groups in total. The van der Waals surface area contributed by atoms with E-state index in [4.69, 9.17) is 18.3 Å². The zero-order chi connectivity index (χ0) is 46.7. The molecule has 3 aliphatic heterocycles. The van der Waals surface area contributed by atoms with Crippen molar-refractivity contribution < 1.29 is 37.5 Å². The van der Waals surface area contributed by atoms with E-state index >= 15 is 0 Å². The molecule has 3 saturated heterocycles. The molecule has 0 atom stereocenters. The Labute approximate surface area is 386 Å². The molecule has 3 fully saturated rings. The van der Waals surface area contributed by atoms with Crippen LogP contribution in [0.5, 0.6) is 11.5 Å². The second-order valence-corrected chi connectivity index (χ2v) is 31.0. The molecule has 5 rings (SSSR count). The molecule has 3 heterocycles.